The van der Waals surface area contributed by atoms with E-state index in [0.717, 1.165) is 18.9 Å². The topological polar surface area (TPSA) is 43.8 Å². The van der Waals surface area contributed by atoms with Crippen molar-refractivity contribution in [3.63, 3.8) is 0 Å². The number of rotatable bonds is 4. The molecule has 1 atom stereocenters. The summed E-state index contributed by atoms with van der Waals surface area (Å²) < 4.78 is 2.03. The monoisotopic (exact) mass is 179 g/mol. The molecule has 0 radical (unpaired) electrons. The third-order valence-electron chi connectivity index (χ3n) is 2.66. The van der Waals surface area contributed by atoms with Crippen molar-refractivity contribution in [2.24, 2.45) is 11.7 Å². The van der Waals surface area contributed by atoms with Crippen LogP contribution in [0, 0.1) is 5.92 Å². The molecular formula is C10H17N3. The van der Waals surface area contributed by atoms with E-state index in [9.17, 15) is 0 Å². The van der Waals surface area contributed by atoms with E-state index in [1.54, 1.807) is 0 Å². The Morgan fingerprint density at radius 1 is 1.69 bits per heavy atom. The molecule has 1 aromatic heterocycles. The van der Waals surface area contributed by atoms with Crippen molar-refractivity contribution in [1.82, 2.24) is 9.78 Å². The van der Waals surface area contributed by atoms with Crippen molar-refractivity contribution in [3.8, 4) is 0 Å². The summed E-state index contributed by atoms with van der Waals surface area (Å²) in [4.78, 5) is 0. The first kappa shape index (κ1) is 8.75. The lowest BCUT2D eigenvalue weighted by molar-refractivity contribution is 0.561. The Bertz CT molecular complexity index is 275. The Balaban J connectivity index is 1.99. The molecule has 3 nitrogen and oxygen atoms in total. The molecule has 1 heterocycles. The Morgan fingerprint density at radius 2 is 2.46 bits per heavy atom. The quantitative estimate of drug-likeness (QED) is 0.764. The third kappa shape index (κ3) is 2.10. The predicted molar refractivity (Wildman–Crippen MR) is 52.2 cm³/mol. The number of nitrogens with two attached hydrogens (primary N) is 1. The number of hydrogen-bond donors (Lipinski definition) is 1. The van der Waals surface area contributed by atoms with E-state index < -0.39 is 0 Å². The van der Waals surface area contributed by atoms with Crippen LogP contribution in [0.1, 0.15) is 37.8 Å². The van der Waals surface area contributed by atoms with Gasteiger partial charge >= 0.3 is 0 Å². The molecule has 1 aromatic rings. The fraction of sp³-hybridized carbons (Fsp3) is 0.700. The van der Waals surface area contributed by atoms with E-state index in [1.807, 2.05) is 10.9 Å². The predicted octanol–water partition coefficient (Wildman–Crippen LogP) is 1.70. The highest BCUT2D eigenvalue weighted by atomic mass is 15.3. The molecule has 2 N–H and O–H groups in total. The summed E-state index contributed by atoms with van der Waals surface area (Å²) in [6.45, 7) is 3.18. The summed E-state index contributed by atoms with van der Waals surface area (Å²) >= 11 is 0. The van der Waals surface area contributed by atoms with Crippen LogP contribution in [-0.2, 0) is 6.54 Å². The lowest BCUT2D eigenvalue weighted by atomic mass is 10.1. The maximum atomic E-state index is 5.90. The molecule has 13 heavy (non-hydrogen) atoms. The maximum absolute atomic E-state index is 5.90. The second-order valence-electron chi connectivity index (χ2n) is 3.95. The highest BCUT2D eigenvalue weighted by Gasteiger charge is 2.22. The molecule has 2 rings (SSSR count). The van der Waals surface area contributed by atoms with Crippen LogP contribution in [0.2, 0.25) is 0 Å². The Morgan fingerprint density at radius 3 is 3.08 bits per heavy atom. The first-order valence-corrected chi connectivity index (χ1v) is 5.07. The molecule has 0 spiro atoms. The van der Waals surface area contributed by atoms with E-state index in [1.165, 1.54) is 18.4 Å². The second-order valence-corrected chi connectivity index (χ2v) is 3.95. The third-order valence-corrected chi connectivity index (χ3v) is 2.66. The van der Waals surface area contributed by atoms with E-state index in [4.69, 9.17) is 5.73 Å². The van der Waals surface area contributed by atoms with Gasteiger partial charge in [0.25, 0.3) is 0 Å². The Labute approximate surface area is 78.9 Å². The molecule has 1 aliphatic rings. The molecule has 3 heteroatoms. The smallest absolute Gasteiger partial charge is 0.0537 e. The standard InChI is InChI=1S/C10H17N3/c1-2-10(11)9-5-12-13(7-9)6-8-3-4-8/h5,7-8,10H,2-4,6,11H2,1H3. The lowest BCUT2D eigenvalue weighted by Crippen LogP contribution is -2.07. The minimum atomic E-state index is 0.160. The summed E-state index contributed by atoms with van der Waals surface area (Å²) in [6.07, 6.45) is 7.71. The van der Waals surface area contributed by atoms with E-state index in [2.05, 4.69) is 18.2 Å². The van der Waals surface area contributed by atoms with Gasteiger partial charge in [0.2, 0.25) is 0 Å². The van der Waals surface area contributed by atoms with Crippen molar-refractivity contribution in [2.45, 2.75) is 38.8 Å². The SMILES string of the molecule is CCC(N)c1cnn(CC2CC2)c1. The van der Waals surface area contributed by atoms with Crippen molar-refractivity contribution < 1.29 is 0 Å². The normalized spacial score (nSPS) is 18.9. The van der Waals surface area contributed by atoms with Crippen LogP contribution in [0.15, 0.2) is 12.4 Å². The molecule has 0 amide bonds. The Hall–Kier alpha value is -0.830. The summed E-state index contributed by atoms with van der Waals surface area (Å²) in [5.41, 5.74) is 7.07. The van der Waals surface area contributed by atoms with Gasteiger partial charge in [-0.2, -0.15) is 5.10 Å². The largest absolute Gasteiger partial charge is 0.324 e. The average molecular weight is 179 g/mol. The minimum Gasteiger partial charge on any atom is -0.324 e. The summed E-state index contributed by atoms with van der Waals surface area (Å²) in [5, 5.41) is 4.30. The first-order valence-electron chi connectivity index (χ1n) is 5.07. The maximum Gasteiger partial charge on any atom is 0.0537 e. The van der Waals surface area contributed by atoms with Gasteiger partial charge < -0.3 is 5.73 Å². The minimum absolute atomic E-state index is 0.160. The van der Waals surface area contributed by atoms with Gasteiger partial charge in [0.15, 0.2) is 0 Å². The van der Waals surface area contributed by atoms with Crippen molar-refractivity contribution in [2.75, 3.05) is 0 Å². The molecule has 1 saturated carbocycles. The molecular weight excluding hydrogens is 162 g/mol. The number of nitrogens with zero attached hydrogens (tertiary/aromatic N) is 2. The molecule has 0 aliphatic heterocycles. The van der Waals surface area contributed by atoms with Gasteiger partial charge in [-0.05, 0) is 25.2 Å². The molecule has 0 saturated heterocycles. The molecule has 1 aliphatic carbocycles. The molecule has 72 valence electrons. The van der Waals surface area contributed by atoms with E-state index in [0.29, 0.717) is 0 Å². The van der Waals surface area contributed by atoms with Gasteiger partial charge in [-0.25, -0.2) is 0 Å². The van der Waals surface area contributed by atoms with Gasteiger partial charge in [-0.1, -0.05) is 6.92 Å². The van der Waals surface area contributed by atoms with E-state index >= 15 is 0 Å². The van der Waals surface area contributed by atoms with Crippen LogP contribution in [0.4, 0.5) is 0 Å². The summed E-state index contributed by atoms with van der Waals surface area (Å²) in [7, 11) is 0. The van der Waals surface area contributed by atoms with Crippen LogP contribution in [0.3, 0.4) is 0 Å². The molecule has 0 bridgehead atoms. The summed E-state index contributed by atoms with van der Waals surface area (Å²) in [5.74, 6) is 0.880. The van der Waals surface area contributed by atoms with Gasteiger partial charge in [-0.15, -0.1) is 0 Å². The van der Waals surface area contributed by atoms with Crippen LogP contribution >= 0.6 is 0 Å². The zero-order chi connectivity index (χ0) is 9.26. The fourth-order valence-electron chi connectivity index (χ4n) is 1.47. The molecule has 0 aromatic carbocycles. The van der Waals surface area contributed by atoms with Gasteiger partial charge in [0.1, 0.15) is 0 Å². The van der Waals surface area contributed by atoms with Gasteiger partial charge in [0, 0.05) is 24.3 Å². The highest BCUT2D eigenvalue weighted by Crippen LogP contribution is 2.30. The first-order chi connectivity index (χ1) is 6.29. The molecule has 1 unspecified atom stereocenters. The van der Waals surface area contributed by atoms with Crippen LogP contribution in [0.5, 0.6) is 0 Å². The Kier molecular flexibility index (Phi) is 2.36. The van der Waals surface area contributed by atoms with Gasteiger partial charge in [-0.3, -0.25) is 4.68 Å². The number of hydrogen-bond acceptors (Lipinski definition) is 2. The lowest BCUT2D eigenvalue weighted by Gasteiger charge is -2.03. The highest BCUT2D eigenvalue weighted by molar-refractivity contribution is 5.09. The van der Waals surface area contributed by atoms with E-state index in [-0.39, 0.29) is 6.04 Å². The van der Waals surface area contributed by atoms with Crippen LogP contribution < -0.4 is 5.73 Å². The zero-order valence-corrected chi connectivity index (χ0v) is 8.11. The summed E-state index contributed by atoms with van der Waals surface area (Å²) in [6, 6.07) is 0.160. The fourth-order valence-corrected chi connectivity index (χ4v) is 1.47. The molecule has 1 fully saturated rings. The van der Waals surface area contributed by atoms with Crippen molar-refractivity contribution in [1.29, 1.82) is 0 Å². The van der Waals surface area contributed by atoms with Crippen LogP contribution in [-0.4, -0.2) is 9.78 Å². The van der Waals surface area contributed by atoms with Gasteiger partial charge in [0.05, 0.1) is 6.20 Å². The average Bonchev–Trinajstić information content (AvgIpc) is 2.81. The second kappa shape index (κ2) is 3.50. The van der Waals surface area contributed by atoms with Crippen molar-refractivity contribution >= 4 is 0 Å². The van der Waals surface area contributed by atoms with Crippen LogP contribution in [0.25, 0.3) is 0 Å². The zero-order valence-electron chi connectivity index (χ0n) is 8.11. The number of aromatic nitrogens is 2. The van der Waals surface area contributed by atoms with Crippen molar-refractivity contribution in [3.05, 3.63) is 18.0 Å².